The first-order valence-electron chi connectivity index (χ1n) is 7.59. The summed E-state index contributed by atoms with van der Waals surface area (Å²) < 4.78 is 1.98. The molecule has 2 rings (SSSR count). The van der Waals surface area contributed by atoms with Crippen molar-refractivity contribution in [3.05, 3.63) is 16.4 Å². The summed E-state index contributed by atoms with van der Waals surface area (Å²) in [4.78, 5) is 0. The van der Waals surface area contributed by atoms with Gasteiger partial charge in [-0.05, 0) is 46.0 Å². The zero-order valence-corrected chi connectivity index (χ0v) is 13.5. The normalized spacial score (nSPS) is 18.2. The SMILES string of the molecule is CCC(CO)(CCCn1nc(C)c(Cl)c1C)NC1CC1. The van der Waals surface area contributed by atoms with Gasteiger partial charge in [-0.1, -0.05) is 18.5 Å². The molecule has 1 aliphatic carbocycles. The second-order valence-corrected chi connectivity index (χ2v) is 6.40. The molecule has 0 radical (unpaired) electrons. The largest absolute Gasteiger partial charge is 0.394 e. The van der Waals surface area contributed by atoms with E-state index in [0.717, 1.165) is 42.2 Å². The summed E-state index contributed by atoms with van der Waals surface area (Å²) in [5, 5.41) is 18.6. The molecule has 0 bridgehead atoms. The van der Waals surface area contributed by atoms with E-state index in [9.17, 15) is 5.11 Å². The second-order valence-electron chi connectivity index (χ2n) is 6.02. The summed E-state index contributed by atoms with van der Waals surface area (Å²) >= 11 is 6.16. The van der Waals surface area contributed by atoms with Crippen LogP contribution >= 0.6 is 11.6 Å². The second kappa shape index (κ2) is 6.46. The maximum Gasteiger partial charge on any atom is 0.0844 e. The number of hydrogen-bond donors (Lipinski definition) is 2. The number of aliphatic hydroxyl groups excluding tert-OH is 1. The predicted octanol–water partition coefficient (Wildman–Crippen LogP) is 2.83. The molecule has 0 amide bonds. The van der Waals surface area contributed by atoms with E-state index in [1.165, 1.54) is 12.8 Å². The lowest BCUT2D eigenvalue weighted by Gasteiger charge is -2.32. The van der Waals surface area contributed by atoms with Gasteiger partial charge in [0.15, 0.2) is 0 Å². The van der Waals surface area contributed by atoms with Crippen LogP contribution in [0.4, 0.5) is 0 Å². The van der Waals surface area contributed by atoms with Crippen LogP contribution in [0.25, 0.3) is 0 Å². The van der Waals surface area contributed by atoms with Gasteiger partial charge in [-0.2, -0.15) is 5.10 Å². The lowest BCUT2D eigenvalue weighted by atomic mass is 9.91. The molecule has 1 aromatic heterocycles. The van der Waals surface area contributed by atoms with Gasteiger partial charge >= 0.3 is 0 Å². The molecule has 2 N–H and O–H groups in total. The minimum Gasteiger partial charge on any atom is -0.394 e. The molecule has 1 aliphatic rings. The van der Waals surface area contributed by atoms with Crippen LogP contribution in [0, 0.1) is 13.8 Å². The van der Waals surface area contributed by atoms with E-state index in [2.05, 4.69) is 17.3 Å². The smallest absolute Gasteiger partial charge is 0.0844 e. The third-order valence-electron chi connectivity index (χ3n) is 4.39. The molecule has 114 valence electrons. The molecule has 1 atom stereocenters. The third kappa shape index (κ3) is 3.54. The minimum atomic E-state index is -0.124. The Hall–Kier alpha value is -0.580. The quantitative estimate of drug-likeness (QED) is 0.776. The van der Waals surface area contributed by atoms with E-state index >= 15 is 0 Å². The van der Waals surface area contributed by atoms with E-state index in [0.29, 0.717) is 6.04 Å². The van der Waals surface area contributed by atoms with E-state index < -0.39 is 0 Å². The molecule has 0 aromatic carbocycles. The number of aliphatic hydroxyl groups is 1. The third-order valence-corrected chi connectivity index (χ3v) is 4.93. The Balaban J connectivity index is 1.90. The Bertz CT molecular complexity index is 450. The Labute approximate surface area is 126 Å². The number of nitrogens with zero attached hydrogens (tertiary/aromatic N) is 2. The number of rotatable bonds is 8. The summed E-state index contributed by atoms with van der Waals surface area (Å²) in [7, 11) is 0. The van der Waals surface area contributed by atoms with Gasteiger partial charge in [-0.3, -0.25) is 4.68 Å². The molecular weight excluding hydrogens is 274 g/mol. The highest BCUT2D eigenvalue weighted by atomic mass is 35.5. The van der Waals surface area contributed by atoms with Crippen LogP contribution in [0.3, 0.4) is 0 Å². The molecule has 1 aromatic rings. The van der Waals surface area contributed by atoms with Gasteiger partial charge in [0.2, 0.25) is 0 Å². The van der Waals surface area contributed by atoms with Crippen molar-refractivity contribution in [1.82, 2.24) is 15.1 Å². The molecule has 20 heavy (non-hydrogen) atoms. The van der Waals surface area contributed by atoms with E-state index in [1.807, 2.05) is 18.5 Å². The molecule has 0 aliphatic heterocycles. The fourth-order valence-corrected chi connectivity index (χ4v) is 2.84. The Kier molecular flexibility index (Phi) is 5.10. The molecule has 1 unspecified atom stereocenters. The number of aryl methyl sites for hydroxylation is 2. The first kappa shape index (κ1) is 15.8. The summed E-state index contributed by atoms with van der Waals surface area (Å²) in [5.74, 6) is 0. The number of hydrogen-bond acceptors (Lipinski definition) is 3. The van der Waals surface area contributed by atoms with Crippen LogP contribution in [-0.2, 0) is 6.54 Å². The highest BCUT2D eigenvalue weighted by Gasteiger charge is 2.33. The molecule has 0 spiro atoms. The van der Waals surface area contributed by atoms with Gasteiger partial charge in [0.1, 0.15) is 0 Å². The van der Waals surface area contributed by atoms with E-state index in [-0.39, 0.29) is 12.1 Å². The van der Waals surface area contributed by atoms with Gasteiger partial charge in [0.25, 0.3) is 0 Å². The Morgan fingerprint density at radius 1 is 1.45 bits per heavy atom. The van der Waals surface area contributed by atoms with Crippen LogP contribution in [0.1, 0.15) is 50.4 Å². The molecule has 4 nitrogen and oxygen atoms in total. The summed E-state index contributed by atoms with van der Waals surface area (Å²) in [6, 6.07) is 0.616. The molecule has 1 heterocycles. The molecule has 0 saturated heterocycles. The van der Waals surface area contributed by atoms with Crippen LogP contribution in [0.15, 0.2) is 0 Å². The van der Waals surface area contributed by atoms with Gasteiger partial charge in [-0.15, -0.1) is 0 Å². The van der Waals surface area contributed by atoms with E-state index in [4.69, 9.17) is 11.6 Å². The number of halogens is 1. The van der Waals surface area contributed by atoms with Crippen LogP contribution in [0.5, 0.6) is 0 Å². The summed E-state index contributed by atoms with van der Waals surface area (Å²) in [5.41, 5.74) is 1.80. The molecule has 5 heteroatoms. The lowest BCUT2D eigenvalue weighted by Crippen LogP contribution is -2.49. The fraction of sp³-hybridized carbons (Fsp3) is 0.800. The Morgan fingerprint density at radius 2 is 2.15 bits per heavy atom. The van der Waals surface area contributed by atoms with Crippen molar-refractivity contribution in [3.8, 4) is 0 Å². The zero-order valence-electron chi connectivity index (χ0n) is 12.7. The van der Waals surface area contributed by atoms with Crippen LogP contribution in [-0.4, -0.2) is 33.1 Å². The van der Waals surface area contributed by atoms with Crippen molar-refractivity contribution < 1.29 is 5.11 Å². The zero-order chi connectivity index (χ0) is 14.8. The standard InChI is InChI=1S/C15H26ClN3O/c1-4-15(10-20,17-13-6-7-13)8-5-9-19-12(3)14(16)11(2)18-19/h13,17,20H,4-10H2,1-3H3. The van der Waals surface area contributed by atoms with E-state index in [1.54, 1.807) is 0 Å². The Morgan fingerprint density at radius 3 is 2.60 bits per heavy atom. The predicted molar refractivity (Wildman–Crippen MR) is 82.2 cm³/mol. The first-order valence-corrected chi connectivity index (χ1v) is 7.97. The number of nitrogens with one attached hydrogen (secondary N) is 1. The first-order chi connectivity index (χ1) is 9.51. The van der Waals surface area contributed by atoms with Crippen molar-refractivity contribution in [2.24, 2.45) is 0 Å². The lowest BCUT2D eigenvalue weighted by molar-refractivity contribution is 0.140. The van der Waals surface area contributed by atoms with Crippen molar-refractivity contribution >= 4 is 11.6 Å². The molecule has 1 fully saturated rings. The van der Waals surface area contributed by atoms with Gasteiger partial charge in [0.05, 0.1) is 23.0 Å². The summed E-state index contributed by atoms with van der Waals surface area (Å²) in [6.45, 7) is 7.14. The minimum absolute atomic E-state index is 0.124. The fourth-order valence-electron chi connectivity index (χ4n) is 2.71. The highest BCUT2D eigenvalue weighted by molar-refractivity contribution is 6.31. The highest BCUT2D eigenvalue weighted by Crippen LogP contribution is 2.27. The van der Waals surface area contributed by atoms with Gasteiger partial charge < -0.3 is 10.4 Å². The van der Waals surface area contributed by atoms with Crippen molar-refractivity contribution in [3.63, 3.8) is 0 Å². The van der Waals surface area contributed by atoms with Crippen molar-refractivity contribution in [1.29, 1.82) is 0 Å². The summed E-state index contributed by atoms with van der Waals surface area (Å²) in [6.07, 6.45) is 5.40. The van der Waals surface area contributed by atoms with Gasteiger partial charge in [-0.25, -0.2) is 0 Å². The topological polar surface area (TPSA) is 50.1 Å². The maximum absolute atomic E-state index is 9.75. The van der Waals surface area contributed by atoms with Gasteiger partial charge in [0, 0.05) is 18.1 Å². The number of aromatic nitrogens is 2. The average molecular weight is 300 g/mol. The van der Waals surface area contributed by atoms with Crippen molar-refractivity contribution in [2.75, 3.05) is 6.61 Å². The monoisotopic (exact) mass is 299 g/mol. The van der Waals surface area contributed by atoms with Crippen LogP contribution < -0.4 is 5.32 Å². The maximum atomic E-state index is 9.75. The van der Waals surface area contributed by atoms with Crippen LogP contribution in [0.2, 0.25) is 5.02 Å². The molecule has 1 saturated carbocycles. The molecular formula is C15H26ClN3O. The average Bonchev–Trinajstić information content (AvgIpc) is 3.23. The van der Waals surface area contributed by atoms with Crippen molar-refractivity contribution in [2.45, 2.75) is 71.0 Å².